The Morgan fingerprint density at radius 2 is 1.84 bits per heavy atom. The second-order valence-corrected chi connectivity index (χ2v) is 3.91. The van der Waals surface area contributed by atoms with Gasteiger partial charge in [0.1, 0.15) is 6.33 Å². The lowest BCUT2D eigenvalue weighted by Crippen LogP contribution is -2.07. The number of rotatable bonds is 5. The summed E-state index contributed by atoms with van der Waals surface area (Å²) in [5.74, 6) is 1.00. The van der Waals surface area contributed by atoms with Crippen molar-refractivity contribution in [3.05, 3.63) is 35.9 Å². The topological polar surface area (TPSA) is 69.2 Å². The molecule has 1 N–H and O–H groups in total. The number of nitrogens with one attached hydrogen (secondary N) is 1. The fourth-order valence-corrected chi connectivity index (χ4v) is 1.72. The molecule has 19 heavy (non-hydrogen) atoms. The second kappa shape index (κ2) is 5.99. The quantitative estimate of drug-likeness (QED) is 0.884. The predicted molar refractivity (Wildman–Crippen MR) is 71.4 cm³/mol. The van der Waals surface area contributed by atoms with Gasteiger partial charge >= 0.3 is 0 Å². The Labute approximate surface area is 111 Å². The Morgan fingerprint density at radius 1 is 1.16 bits per heavy atom. The molecule has 0 fully saturated rings. The molecule has 2 aromatic heterocycles. The molecular formula is C13H16N4O2. The maximum absolute atomic E-state index is 5.22. The Hall–Kier alpha value is -2.37. The summed E-state index contributed by atoms with van der Waals surface area (Å²) in [5, 5.41) is 3.28. The van der Waals surface area contributed by atoms with Crippen molar-refractivity contribution in [3.8, 4) is 11.8 Å². The minimum absolute atomic E-state index is 0.500. The minimum atomic E-state index is 0.500. The number of methoxy groups -OCH3 is 2. The smallest absolute Gasteiger partial charge is 0.225 e. The third-order valence-corrected chi connectivity index (χ3v) is 2.75. The van der Waals surface area contributed by atoms with Crippen LogP contribution in [0, 0.1) is 6.92 Å². The lowest BCUT2D eigenvalue weighted by molar-refractivity contribution is 0.363. The Bertz CT molecular complexity index is 538. The molecule has 2 rings (SSSR count). The van der Waals surface area contributed by atoms with Gasteiger partial charge in [0.05, 0.1) is 38.2 Å². The first kappa shape index (κ1) is 13.1. The first-order valence-corrected chi connectivity index (χ1v) is 5.82. The molecule has 0 saturated carbocycles. The van der Waals surface area contributed by atoms with Crippen molar-refractivity contribution in [3.63, 3.8) is 0 Å². The largest absolute Gasteiger partial charge is 0.481 e. The van der Waals surface area contributed by atoms with E-state index >= 15 is 0 Å². The summed E-state index contributed by atoms with van der Waals surface area (Å²) in [6, 6.07) is 1.94. The number of ether oxygens (including phenoxy) is 2. The van der Waals surface area contributed by atoms with Gasteiger partial charge in [0.15, 0.2) is 0 Å². The molecule has 100 valence electrons. The lowest BCUT2D eigenvalue weighted by Gasteiger charge is -2.13. The number of hydrogen-bond acceptors (Lipinski definition) is 6. The van der Waals surface area contributed by atoms with E-state index in [1.807, 2.05) is 13.0 Å². The zero-order valence-electron chi connectivity index (χ0n) is 11.2. The molecule has 2 aromatic rings. The summed E-state index contributed by atoms with van der Waals surface area (Å²) in [7, 11) is 3.14. The highest BCUT2D eigenvalue weighted by Gasteiger charge is 2.12. The molecule has 0 saturated heterocycles. The van der Waals surface area contributed by atoms with Crippen molar-refractivity contribution in [1.29, 1.82) is 0 Å². The molecule has 0 aromatic carbocycles. The SMILES string of the molecule is COc1ncnc(OC)c1CNc1cnccc1C. The molecule has 0 radical (unpaired) electrons. The maximum Gasteiger partial charge on any atom is 0.225 e. The molecule has 0 unspecified atom stereocenters. The van der Waals surface area contributed by atoms with Crippen LogP contribution in [-0.4, -0.2) is 29.2 Å². The number of aromatic nitrogens is 3. The summed E-state index contributed by atoms with van der Waals surface area (Å²) in [5.41, 5.74) is 2.84. The van der Waals surface area contributed by atoms with Gasteiger partial charge in [0, 0.05) is 6.20 Å². The number of pyridine rings is 1. The summed E-state index contributed by atoms with van der Waals surface area (Å²) >= 11 is 0. The van der Waals surface area contributed by atoms with Gasteiger partial charge in [-0.3, -0.25) is 4.98 Å². The van der Waals surface area contributed by atoms with E-state index in [1.165, 1.54) is 6.33 Å². The van der Waals surface area contributed by atoms with E-state index < -0.39 is 0 Å². The molecule has 0 aliphatic carbocycles. The van der Waals surface area contributed by atoms with Crippen LogP contribution in [0.25, 0.3) is 0 Å². The molecular weight excluding hydrogens is 244 g/mol. The number of nitrogens with zero attached hydrogens (tertiary/aromatic N) is 3. The molecule has 0 bridgehead atoms. The van der Waals surface area contributed by atoms with Gasteiger partial charge in [0.2, 0.25) is 11.8 Å². The van der Waals surface area contributed by atoms with Crippen LogP contribution in [0.3, 0.4) is 0 Å². The number of anilines is 1. The molecule has 2 heterocycles. The summed E-state index contributed by atoms with van der Waals surface area (Å²) < 4.78 is 10.4. The van der Waals surface area contributed by atoms with Crippen molar-refractivity contribution in [2.75, 3.05) is 19.5 Å². The number of hydrogen-bond donors (Lipinski definition) is 1. The molecule has 6 heteroatoms. The van der Waals surface area contributed by atoms with Gasteiger partial charge in [0.25, 0.3) is 0 Å². The van der Waals surface area contributed by atoms with Crippen LogP contribution in [-0.2, 0) is 6.54 Å². The Balaban J connectivity index is 2.21. The molecule has 0 aliphatic rings. The van der Waals surface area contributed by atoms with Crippen molar-refractivity contribution in [1.82, 2.24) is 15.0 Å². The fraction of sp³-hybridized carbons (Fsp3) is 0.308. The molecule has 0 aliphatic heterocycles. The van der Waals surface area contributed by atoms with E-state index in [9.17, 15) is 0 Å². The highest BCUT2D eigenvalue weighted by molar-refractivity contribution is 5.49. The van der Waals surface area contributed by atoms with E-state index in [-0.39, 0.29) is 0 Å². The molecule has 0 spiro atoms. The predicted octanol–water partition coefficient (Wildman–Crippen LogP) is 1.81. The van der Waals surface area contributed by atoms with E-state index in [0.717, 1.165) is 16.8 Å². The van der Waals surface area contributed by atoms with Crippen LogP contribution in [0.15, 0.2) is 24.8 Å². The average Bonchev–Trinajstić information content (AvgIpc) is 2.46. The van der Waals surface area contributed by atoms with Crippen molar-refractivity contribution < 1.29 is 9.47 Å². The van der Waals surface area contributed by atoms with Crippen LogP contribution < -0.4 is 14.8 Å². The third kappa shape index (κ3) is 2.90. The van der Waals surface area contributed by atoms with Crippen LogP contribution in [0.1, 0.15) is 11.1 Å². The zero-order chi connectivity index (χ0) is 13.7. The standard InChI is InChI=1S/C13H16N4O2/c1-9-4-5-14-7-11(9)15-6-10-12(18-2)16-8-17-13(10)19-3/h4-5,7-8,15H,6H2,1-3H3. The van der Waals surface area contributed by atoms with Crippen molar-refractivity contribution in [2.45, 2.75) is 13.5 Å². The van der Waals surface area contributed by atoms with Crippen molar-refractivity contribution in [2.24, 2.45) is 0 Å². The lowest BCUT2D eigenvalue weighted by atomic mass is 10.2. The minimum Gasteiger partial charge on any atom is -0.481 e. The summed E-state index contributed by atoms with van der Waals surface area (Å²) in [6.07, 6.45) is 4.95. The van der Waals surface area contributed by atoms with E-state index in [0.29, 0.717) is 18.3 Å². The average molecular weight is 260 g/mol. The highest BCUT2D eigenvalue weighted by atomic mass is 16.5. The zero-order valence-corrected chi connectivity index (χ0v) is 11.2. The first-order chi connectivity index (χ1) is 9.26. The maximum atomic E-state index is 5.22. The first-order valence-electron chi connectivity index (χ1n) is 5.82. The molecule has 0 atom stereocenters. The van der Waals surface area contributed by atoms with Gasteiger partial charge in [-0.25, -0.2) is 9.97 Å². The van der Waals surface area contributed by atoms with Crippen LogP contribution in [0.4, 0.5) is 5.69 Å². The van der Waals surface area contributed by atoms with Crippen molar-refractivity contribution >= 4 is 5.69 Å². The van der Waals surface area contributed by atoms with Gasteiger partial charge in [-0.05, 0) is 18.6 Å². The van der Waals surface area contributed by atoms with E-state index in [1.54, 1.807) is 26.6 Å². The van der Waals surface area contributed by atoms with Gasteiger partial charge in [-0.1, -0.05) is 0 Å². The van der Waals surface area contributed by atoms with Gasteiger partial charge in [-0.15, -0.1) is 0 Å². The number of aryl methyl sites for hydroxylation is 1. The normalized spacial score (nSPS) is 10.1. The molecule has 6 nitrogen and oxygen atoms in total. The monoisotopic (exact) mass is 260 g/mol. The fourth-order valence-electron chi connectivity index (χ4n) is 1.72. The van der Waals surface area contributed by atoms with Gasteiger partial charge in [-0.2, -0.15) is 0 Å². The van der Waals surface area contributed by atoms with E-state index in [4.69, 9.17) is 9.47 Å². The van der Waals surface area contributed by atoms with Crippen LogP contribution in [0.2, 0.25) is 0 Å². The van der Waals surface area contributed by atoms with Gasteiger partial charge < -0.3 is 14.8 Å². The molecule has 0 amide bonds. The summed E-state index contributed by atoms with van der Waals surface area (Å²) in [4.78, 5) is 12.2. The Kier molecular flexibility index (Phi) is 4.12. The Morgan fingerprint density at radius 3 is 2.42 bits per heavy atom. The summed E-state index contributed by atoms with van der Waals surface area (Å²) in [6.45, 7) is 2.51. The van der Waals surface area contributed by atoms with Crippen LogP contribution >= 0.6 is 0 Å². The van der Waals surface area contributed by atoms with E-state index in [2.05, 4.69) is 20.3 Å². The second-order valence-electron chi connectivity index (χ2n) is 3.91. The highest BCUT2D eigenvalue weighted by Crippen LogP contribution is 2.24. The third-order valence-electron chi connectivity index (χ3n) is 2.75. The van der Waals surface area contributed by atoms with Crippen LogP contribution in [0.5, 0.6) is 11.8 Å².